The summed E-state index contributed by atoms with van der Waals surface area (Å²) >= 11 is 5.74. The maximum absolute atomic E-state index is 12.3. The van der Waals surface area contributed by atoms with Crippen molar-refractivity contribution in [1.29, 1.82) is 0 Å². The van der Waals surface area contributed by atoms with Gasteiger partial charge in [0.05, 0.1) is 5.56 Å². The van der Waals surface area contributed by atoms with Gasteiger partial charge in [-0.25, -0.2) is 0 Å². The molecule has 1 amide bonds. The highest BCUT2D eigenvalue weighted by atomic mass is 35.5. The van der Waals surface area contributed by atoms with Crippen molar-refractivity contribution in [3.8, 4) is 11.5 Å². The smallest absolute Gasteiger partial charge is 0.257 e. The minimum Gasteiger partial charge on any atom is -0.506 e. The number of phenolic OH excluding ortho intramolecular Hbond substituents is 2. The Morgan fingerprint density at radius 1 is 1.14 bits per heavy atom. The minimum absolute atomic E-state index is 0.0624. The minimum atomic E-state index is -0.405. The molecule has 0 bridgehead atoms. The third kappa shape index (κ3) is 3.28. The third-order valence-corrected chi connectivity index (χ3v) is 3.59. The molecule has 2 N–H and O–H groups in total. The van der Waals surface area contributed by atoms with E-state index in [9.17, 15) is 15.0 Å². The first-order valence-corrected chi connectivity index (χ1v) is 6.79. The summed E-state index contributed by atoms with van der Waals surface area (Å²) in [4.78, 5) is 13.8. The van der Waals surface area contributed by atoms with Gasteiger partial charge in [-0.1, -0.05) is 41.4 Å². The first kappa shape index (κ1) is 15.2. The number of phenols is 2. The molecule has 2 aromatic carbocycles. The molecule has 2 rings (SSSR count). The molecule has 0 heterocycles. The van der Waals surface area contributed by atoms with Crippen molar-refractivity contribution in [2.75, 3.05) is 7.05 Å². The van der Waals surface area contributed by atoms with Gasteiger partial charge in [0.25, 0.3) is 5.91 Å². The second-order valence-corrected chi connectivity index (χ2v) is 5.32. The van der Waals surface area contributed by atoms with Crippen LogP contribution in [0.4, 0.5) is 0 Å². The number of carbonyl (C=O) groups excluding carboxylic acids is 1. The van der Waals surface area contributed by atoms with Crippen molar-refractivity contribution < 1.29 is 15.0 Å². The van der Waals surface area contributed by atoms with Crippen LogP contribution in [0.15, 0.2) is 36.4 Å². The van der Waals surface area contributed by atoms with Gasteiger partial charge in [0.2, 0.25) is 0 Å². The molecule has 0 unspecified atom stereocenters. The van der Waals surface area contributed by atoms with E-state index in [0.29, 0.717) is 6.54 Å². The van der Waals surface area contributed by atoms with Crippen molar-refractivity contribution in [1.82, 2.24) is 4.90 Å². The van der Waals surface area contributed by atoms with Crippen molar-refractivity contribution in [2.24, 2.45) is 0 Å². The number of amides is 1. The Morgan fingerprint density at radius 3 is 2.38 bits per heavy atom. The molecule has 0 atom stereocenters. The molecule has 0 aliphatic carbocycles. The van der Waals surface area contributed by atoms with Gasteiger partial charge in [0.1, 0.15) is 10.8 Å². The van der Waals surface area contributed by atoms with Crippen LogP contribution in [-0.2, 0) is 6.54 Å². The lowest BCUT2D eigenvalue weighted by Crippen LogP contribution is -2.26. The average Bonchev–Trinajstić information content (AvgIpc) is 2.46. The highest BCUT2D eigenvalue weighted by Crippen LogP contribution is 2.35. The second-order valence-electron chi connectivity index (χ2n) is 4.94. The van der Waals surface area contributed by atoms with Crippen molar-refractivity contribution in [3.05, 3.63) is 58.1 Å². The summed E-state index contributed by atoms with van der Waals surface area (Å²) in [5, 5.41) is 19.0. The number of halogens is 1. The van der Waals surface area contributed by atoms with Crippen LogP contribution in [0.2, 0.25) is 5.02 Å². The van der Waals surface area contributed by atoms with Gasteiger partial charge in [0.15, 0.2) is 5.75 Å². The lowest BCUT2D eigenvalue weighted by atomic mass is 10.1. The SMILES string of the molecule is Cc1ccc(CN(C)C(=O)c2ccc(O)c(Cl)c2O)cc1. The molecule has 0 aliphatic heterocycles. The van der Waals surface area contributed by atoms with Crippen LogP contribution in [-0.4, -0.2) is 28.1 Å². The Kier molecular flexibility index (Phi) is 4.38. The molecule has 0 aliphatic rings. The maximum atomic E-state index is 12.3. The van der Waals surface area contributed by atoms with Crippen LogP contribution in [0.3, 0.4) is 0 Å². The van der Waals surface area contributed by atoms with Crippen molar-refractivity contribution >= 4 is 17.5 Å². The highest BCUT2D eigenvalue weighted by Gasteiger charge is 2.19. The number of aromatic hydroxyl groups is 2. The zero-order valence-electron chi connectivity index (χ0n) is 11.8. The Balaban J connectivity index is 2.20. The molecule has 0 aromatic heterocycles. The normalized spacial score (nSPS) is 10.4. The van der Waals surface area contributed by atoms with E-state index in [2.05, 4.69) is 0 Å². The predicted molar refractivity (Wildman–Crippen MR) is 81.8 cm³/mol. The largest absolute Gasteiger partial charge is 0.506 e. The van der Waals surface area contributed by atoms with E-state index in [0.717, 1.165) is 11.1 Å². The molecule has 0 radical (unpaired) electrons. The Bertz CT molecular complexity index is 668. The van der Waals surface area contributed by atoms with Gasteiger partial charge >= 0.3 is 0 Å². The summed E-state index contributed by atoms with van der Waals surface area (Å²) in [6, 6.07) is 10.5. The number of carbonyl (C=O) groups is 1. The van der Waals surface area contributed by atoms with Gasteiger partial charge in [0, 0.05) is 13.6 Å². The number of hydrogen-bond donors (Lipinski definition) is 2. The molecule has 0 saturated carbocycles. The van der Waals surface area contributed by atoms with E-state index < -0.39 is 5.75 Å². The van der Waals surface area contributed by atoms with Crippen LogP contribution in [0.1, 0.15) is 21.5 Å². The lowest BCUT2D eigenvalue weighted by Gasteiger charge is -2.18. The van der Waals surface area contributed by atoms with Crippen LogP contribution >= 0.6 is 11.6 Å². The van der Waals surface area contributed by atoms with Gasteiger partial charge in [-0.3, -0.25) is 4.79 Å². The van der Waals surface area contributed by atoms with Crippen molar-refractivity contribution in [2.45, 2.75) is 13.5 Å². The number of hydrogen-bond acceptors (Lipinski definition) is 3. The van der Waals surface area contributed by atoms with Crippen LogP contribution in [0, 0.1) is 6.92 Å². The van der Waals surface area contributed by atoms with E-state index in [-0.39, 0.29) is 22.2 Å². The standard InChI is InChI=1S/C16H16ClNO3/c1-10-3-5-11(6-4-10)9-18(2)16(21)12-7-8-13(19)14(17)15(12)20/h3-8,19-20H,9H2,1-2H3. The summed E-state index contributed by atoms with van der Waals surface area (Å²) in [5.74, 6) is -1.03. The average molecular weight is 306 g/mol. The third-order valence-electron chi connectivity index (χ3n) is 3.21. The summed E-state index contributed by atoms with van der Waals surface area (Å²) in [6.45, 7) is 2.41. The van der Waals surface area contributed by atoms with Gasteiger partial charge in [-0.05, 0) is 24.6 Å². The number of nitrogens with zero attached hydrogens (tertiary/aromatic N) is 1. The van der Waals surface area contributed by atoms with Crippen molar-refractivity contribution in [3.63, 3.8) is 0 Å². The van der Waals surface area contributed by atoms with E-state index in [1.807, 2.05) is 31.2 Å². The Hall–Kier alpha value is -2.20. The van der Waals surface area contributed by atoms with Crippen LogP contribution in [0.25, 0.3) is 0 Å². The molecule has 110 valence electrons. The molecule has 0 saturated heterocycles. The topological polar surface area (TPSA) is 60.8 Å². The summed E-state index contributed by atoms with van der Waals surface area (Å²) in [5.41, 5.74) is 2.20. The van der Waals surface area contributed by atoms with Gasteiger partial charge in [-0.2, -0.15) is 0 Å². The summed E-state index contributed by atoms with van der Waals surface area (Å²) < 4.78 is 0. The fourth-order valence-electron chi connectivity index (χ4n) is 1.97. The molecular weight excluding hydrogens is 290 g/mol. The lowest BCUT2D eigenvalue weighted by molar-refractivity contribution is 0.0782. The predicted octanol–water partition coefficient (Wildman–Crippen LogP) is 3.33. The summed E-state index contributed by atoms with van der Waals surface area (Å²) in [7, 11) is 1.64. The quantitative estimate of drug-likeness (QED) is 0.914. The molecule has 4 nitrogen and oxygen atoms in total. The first-order chi connectivity index (χ1) is 9.90. The van der Waals surface area contributed by atoms with E-state index in [4.69, 9.17) is 11.6 Å². The molecule has 21 heavy (non-hydrogen) atoms. The molecule has 5 heteroatoms. The molecule has 0 spiro atoms. The molecule has 2 aromatic rings. The zero-order valence-corrected chi connectivity index (χ0v) is 12.6. The monoisotopic (exact) mass is 305 g/mol. The maximum Gasteiger partial charge on any atom is 0.257 e. The fourth-order valence-corrected chi connectivity index (χ4v) is 2.14. The van der Waals surface area contributed by atoms with E-state index >= 15 is 0 Å². The molecule has 0 fully saturated rings. The Morgan fingerprint density at radius 2 is 1.76 bits per heavy atom. The van der Waals surface area contributed by atoms with E-state index in [1.54, 1.807) is 7.05 Å². The molecular formula is C16H16ClNO3. The Labute approximate surface area is 128 Å². The van der Waals surface area contributed by atoms with Crippen LogP contribution < -0.4 is 0 Å². The fraction of sp³-hybridized carbons (Fsp3) is 0.188. The number of aryl methyl sites for hydroxylation is 1. The first-order valence-electron chi connectivity index (χ1n) is 6.41. The summed E-state index contributed by atoms with van der Waals surface area (Å²) in [6.07, 6.45) is 0. The van der Waals surface area contributed by atoms with Crippen LogP contribution in [0.5, 0.6) is 11.5 Å². The number of benzene rings is 2. The van der Waals surface area contributed by atoms with E-state index in [1.165, 1.54) is 17.0 Å². The highest BCUT2D eigenvalue weighted by molar-refractivity contribution is 6.34. The zero-order chi connectivity index (χ0) is 15.6. The second kappa shape index (κ2) is 6.06. The van der Waals surface area contributed by atoms with Gasteiger partial charge in [-0.15, -0.1) is 0 Å². The van der Waals surface area contributed by atoms with Gasteiger partial charge < -0.3 is 15.1 Å². The number of rotatable bonds is 3.